The van der Waals surface area contributed by atoms with E-state index in [0.29, 0.717) is 23.5 Å². The Morgan fingerprint density at radius 3 is 2.58 bits per heavy atom. The molecule has 3 saturated carbocycles. The number of hydrogen-bond donors (Lipinski definition) is 1. The van der Waals surface area contributed by atoms with Crippen LogP contribution in [0.25, 0.3) is 34.0 Å². The summed E-state index contributed by atoms with van der Waals surface area (Å²) in [5.41, 5.74) is 2.72. The maximum atomic E-state index is 14.6. The number of nitrogens with zero attached hydrogens (tertiary/aromatic N) is 5. The van der Waals surface area contributed by atoms with E-state index >= 15 is 0 Å². The molecular weight excluding hydrogens is 595 g/mol. The van der Waals surface area contributed by atoms with Crippen LogP contribution < -0.4 is 5.32 Å². The molecule has 3 fully saturated rings. The van der Waals surface area contributed by atoms with Gasteiger partial charge in [0.1, 0.15) is 11.3 Å². The molecule has 4 aromatic heterocycles. The third kappa shape index (κ3) is 4.97. The van der Waals surface area contributed by atoms with Crippen LogP contribution in [0.4, 0.5) is 10.2 Å². The minimum Gasteiger partial charge on any atom is -0.466 e. The van der Waals surface area contributed by atoms with E-state index in [1.165, 1.54) is 24.4 Å². The first kappa shape index (κ1) is 29.1. The average molecular weight is 629 g/mol. The van der Waals surface area contributed by atoms with Crippen LogP contribution in [0.1, 0.15) is 43.7 Å². The Morgan fingerprint density at radius 1 is 1.13 bits per heavy atom. The Morgan fingerprint density at radius 2 is 1.87 bits per heavy atom. The molecule has 0 radical (unpaired) electrons. The number of anilines is 1. The number of carbonyl (C=O) groups excluding carboxylic acids is 1. The van der Waals surface area contributed by atoms with Gasteiger partial charge in [0.15, 0.2) is 17.3 Å². The number of carbonyl (C=O) groups is 1. The first-order valence-electron chi connectivity index (χ1n) is 15.1. The molecule has 5 aromatic rings. The smallest absolute Gasteiger partial charge is 0.311 e. The molecule has 0 saturated heterocycles. The standard InChI is InChI=1S/C33H33FN6O4S/c1-4-20-14-27-31(36-29-22-10-8-21(9-11-22)28(29)33(41)44-5-2)37-30(38-39(27)17-20)26-18-40(32-25(26)15-23(34)16-35-32)45(42,43)24-12-6-19(3)7-13-24/h4,6-7,12-18,21-22,28-29H,1,5,8-11H2,2-3H3,(H,36,37,38). The van der Waals surface area contributed by atoms with Crippen molar-refractivity contribution >= 4 is 44.4 Å². The number of hydrogen-bond acceptors (Lipinski definition) is 8. The van der Waals surface area contributed by atoms with Crippen LogP contribution in [0.15, 0.2) is 66.5 Å². The van der Waals surface area contributed by atoms with Crippen molar-refractivity contribution < 1.29 is 22.3 Å². The number of aromatic nitrogens is 5. The number of nitrogens with one attached hydrogen (secondary N) is 1. The van der Waals surface area contributed by atoms with Crippen LogP contribution in [-0.2, 0) is 19.6 Å². The van der Waals surface area contributed by atoms with Crippen LogP contribution in [-0.4, -0.2) is 50.6 Å². The van der Waals surface area contributed by atoms with Gasteiger partial charge in [-0.15, -0.1) is 5.10 Å². The fourth-order valence-electron chi connectivity index (χ4n) is 6.98. The predicted octanol–water partition coefficient (Wildman–Crippen LogP) is 5.85. The second kappa shape index (κ2) is 11.1. The van der Waals surface area contributed by atoms with Crippen LogP contribution in [0, 0.1) is 30.5 Å². The van der Waals surface area contributed by atoms with E-state index in [9.17, 15) is 17.6 Å². The van der Waals surface area contributed by atoms with Crippen molar-refractivity contribution in [2.45, 2.75) is 50.5 Å². The minimum atomic E-state index is -4.10. The number of rotatable bonds is 8. The number of fused-ring (bicyclic) bond motifs is 5. The SMILES string of the molecule is C=Cc1cc2c(NC3C4CCC(CC4)C3C(=O)OCC)nc(-c3cn(S(=O)(=O)c4ccc(C)cc4)c4ncc(F)cc34)nn2c1. The summed E-state index contributed by atoms with van der Waals surface area (Å²) in [5, 5.41) is 8.57. The molecule has 2 bridgehead atoms. The molecule has 232 valence electrons. The molecule has 8 rings (SSSR count). The number of ether oxygens (including phenoxy) is 1. The van der Waals surface area contributed by atoms with Gasteiger partial charge in [0.2, 0.25) is 0 Å². The maximum Gasteiger partial charge on any atom is 0.311 e. The Labute approximate surface area is 260 Å². The summed E-state index contributed by atoms with van der Waals surface area (Å²) in [5.74, 6) is -0.0202. The summed E-state index contributed by atoms with van der Waals surface area (Å²) in [6.07, 6.45) is 9.82. The Hall–Kier alpha value is -4.58. The highest BCUT2D eigenvalue weighted by molar-refractivity contribution is 7.90. The zero-order valence-corrected chi connectivity index (χ0v) is 25.8. The zero-order valence-electron chi connectivity index (χ0n) is 25.0. The van der Waals surface area contributed by atoms with Crippen molar-refractivity contribution in [3.05, 3.63) is 78.5 Å². The number of benzene rings is 1. The quantitative estimate of drug-likeness (QED) is 0.213. The van der Waals surface area contributed by atoms with Gasteiger partial charge >= 0.3 is 5.97 Å². The third-order valence-electron chi connectivity index (χ3n) is 9.20. The maximum absolute atomic E-state index is 14.6. The van der Waals surface area contributed by atoms with Crippen molar-refractivity contribution in [1.29, 1.82) is 0 Å². The highest BCUT2D eigenvalue weighted by Gasteiger charge is 2.48. The van der Waals surface area contributed by atoms with Gasteiger partial charge in [-0.05, 0) is 81.2 Å². The third-order valence-corrected chi connectivity index (χ3v) is 10.9. The normalized spacial score (nSPS) is 21.3. The van der Waals surface area contributed by atoms with E-state index < -0.39 is 15.8 Å². The van der Waals surface area contributed by atoms with Gasteiger partial charge in [-0.3, -0.25) is 4.79 Å². The summed E-state index contributed by atoms with van der Waals surface area (Å²) >= 11 is 0. The molecule has 12 heteroatoms. The van der Waals surface area contributed by atoms with Crippen LogP contribution >= 0.6 is 0 Å². The van der Waals surface area contributed by atoms with E-state index in [1.54, 1.807) is 28.9 Å². The predicted molar refractivity (Wildman–Crippen MR) is 169 cm³/mol. The topological polar surface area (TPSA) is 120 Å². The van der Waals surface area contributed by atoms with E-state index in [-0.39, 0.29) is 51.5 Å². The van der Waals surface area contributed by atoms with Crippen LogP contribution in [0.5, 0.6) is 0 Å². The molecule has 4 heterocycles. The number of halogens is 1. The molecule has 1 N–H and O–H groups in total. The first-order chi connectivity index (χ1) is 21.7. The van der Waals surface area contributed by atoms with Crippen LogP contribution in [0.2, 0.25) is 0 Å². The van der Waals surface area contributed by atoms with Gasteiger partial charge in [-0.25, -0.2) is 31.3 Å². The summed E-state index contributed by atoms with van der Waals surface area (Å²) in [4.78, 5) is 22.3. The monoisotopic (exact) mass is 628 g/mol. The van der Waals surface area contributed by atoms with Gasteiger partial charge in [0, 0.05) is 29.4 Å². The fraction of sp³-hybridized carbons (Fsp3) is 0.333. The minimum absolute atomic E-state index is 0.0523. The average Bonchev–Trinajstić information content (AvgIpc) is 3.64. The Kier molecular flexibility index (Phi) is 7.19. The molecule has 2 unspecified atom stereocenters. The van der Waals surface area contributed by atoms with Gasteiger partial charge in [0.05, 0.1) is 23.6 Å². The Bertz CT molecular complexity index is 2060. The largest absolute Gasteiger partial charge is 0.466 e. The molecule has 0 aliphatic heterocycles. The van der Waals surface area contributed by atoms with Gasteiger partial charge in [-0.2, -0.15) is 0 Å². The number of aryl methyl sites for hydroxylation is 1. The lowest BCUT2D eigenvalue weighted by Gasteiger charge is -2.47. The van der Waals surface area contributed by atoms with E-state index in [4.69, 9.17) is 14.8 Å². The van der Waals surface area contributed by atoms with E-state index in [1.807, 2.05) is 19.9 Å². The second-order valence-electron chi connectivity index (χ2n) is 11.9. The van der Waals surface area contributed by atoms with Gasteiger partial charge in [-0.1, -0.05) is 30.4 Å². The molecule has 0 spiro atoms. The molecular formula is C33H33FN6O4S. The second-order valence-corrected chi connectivity index (χ2v) is 13.7. The highest BCUT2D eigenvalue weighted by atomic mass is 32.2. The van der Waals surface area contributed by atoms with Crippen molar-refractivity contribution in [2.24, 2.45) is 17.8 Å². The van der Waals surface area contributed by atoms with Crippen molar-refractivity contribution in [1.82, 2.24) is 23.6 Å². The lowest BCUT2D eigenvalue weighted by atomic mass is 9.61. The molecule has 1 aromatic carbocycles. The Balaban J connectivity index is 1.39. The van der Waals surface area contributed by atoms with Crippen molar-refractivity contribution in [2.75, 3.05) is 11.9 Å². The summed E-state index contributed by atoms with van der Waals surface area (Å²) in [7, 11) is -4.10. The van der Waals surface area contributed by atoms with Gasteiger partial charge in [0.25, 0.3) is 10.0 Å². The van der Waals surface area contributed by atoms with E-state index in [0.717, 1.165) is 47.0 Å². The lowest BCUT2D eigenvalue weighted by molar-refractivity contribution is -0.154. The molecule has 45 heavy (non-hydrogen) atoms. The first-order valence-corrected chi connectivity index (χ1v) is 16.6. The van der Waals surface area contributed by atoms with Gasteiger partial charge < -0.3 is 10.1 Å². The number of esters is 1. The number of pyridine rings is 1. The molecule has 10 nitrogen and oxygen atoms in total. The molecule has 3 aliphatic rings. The lowest BCUT2D eigenvalue weighted by Crippen LogP contribution is -2.52. The molecule has 0 amide bonds. The van der Waals surface area contributed by atoms with Crippen molar-refractivity contribution in [3.8, 4) is 11.4 Å². The van der Waals surface area contributed by atoms with Crippen molar-refractivity contribution in [3.63, 3.8) is 0 Å². The summed E-state index contributed by atoms with van der Waals surface area (Å²) < 4.78 is 50.5. The zero-order chi connectivity index (χ0) is 31.5. The van der Waals surface area contributed by atoms with Crippen LogP contribution in [0.3, 0.4) is 0 Å². The fourth-order valence-corrected chi connectivity index (χ4v) is 8.31. The summed E-state index contributed by atoms with van der Waals surface area (Å²) in [6.45, 7) is 7.88. The molecule has 3 aliphatic carbocycles. The summed E-state index contributed by atoms with van der Waals surface area (Å²) in [6, 6.07) is 9.41. The molecule has 2 atom stereocenters. The van der Waals surface area contributed by atoms with E-state index in [2.05, 4.69) is 16.9 Å². The highest BCUT2D eigenvalue weighted by Crippen LogP contribution is 2.47.